The van der Waals surface area contributed by atoms with Crippen molar-refractivity contribution in [3.8, 4) is 10.4 Å². The van der Waals surface area contributed by atoms with E-state index in [0.29, 0.717) is 4.88 Å². The lowest BCUT2D eigenvalue weighted by molar-refractivity contribution is -0.122. The zero-order chi connectivity index (χ0) is 24.0. The van der Waals surface area contributed by atoms with Gasteiger partial charge in [-0.2, -0.15) is 0 Å². The first-order chi connectivity index (χ1) is 15.7. The number of halogens is 2. The predicted octanol–water partition coefficient (Wildman–Crippen LogP) is 3.56. The second-order valence-electron chi connectivity index (χ2n) is 7.06. The first-order valence-electron chi connectivity index (χ1n) is 9.83. The molecule has 2 amide bonds. The van der Waals surface area contributed by atoms with Crippen LogP contribution in [-0.2, 0) is 14.8 Å². The van der Waals surface area contributed by atoms with Crippen molar-refractivity contribution in [2.75, 3.05) is 13.6 Å². The quantitative estimate of drug-likeness (QED) is 0.469. The molecule has 0 saturated heterocycles. The van der Waals surface area contributed by atoms with Crippen LogP contribution in [-0.4, -0.2) is 38.1 Å². The summed E-state index contributed by atoms with van der Waals surface area (Å²) in [6, 6.07) is 13.7. The molecule has 0 fully saturated rings. The Balaban J connectivity index is 1.44. The van der Waals surface area contributed by atoms with E-state index >= 15 is 0 Å². The third kappa shape index (κ3) is 6.44. The third-order valence-corrected chi connectivity index (χ3v) is 7.68. The van der Waals surface area contributed by atoms with Gasteiger partial charge in [-0.15, -0.1) is 11.3 Å². The van der Waals surface area contributed by atoms with Crippen LogP contribution in [0.4, 0.5) is 8.78 Å². The standard InChI is InChI=1S/C22H21F2N3O4S2/c1-27(33(30,31)18-10-8-17(24)9-11-18)14-2-3-21(28)25-26-22(29)20-13-12-19(32-20)15-4-6-16(23)7-5-15/h4-13H,2-3,14H2,1H3,(H,25,28)(H,26,29). The molecule has 33 heavy (non-hydrogen) atoms. The molecular formula is C22H21F2N3O4S2. The molecule has 2 aromatic carbocycles. The van der Waals surface area contributed by atoms with Crippen LogP contribution in [0.25, 0.3) is 10.4 Å². The Morgan fingerprint density at radius 1 is 0.909 bits per heavy atom. The molecule has 0 atom stereocenters. The van der Waals surface area contributed by atoms with Gasteiger partial charge in [0.15, 0.2) is 0 Å². The number of benzene rings is 2. The number of nitrogens with zero attached hydrogens (tertiary/aromatic N) is 1. The van der Waals surface area contributed by atoms with Crippen LogP contribution in [0.15, 0.2) is 65.6 Å². The fourth-order valence-electron chi connectivity index (χ4n) is 2.85. The SMILES string of the molecule is CN(CCCC(=O)NNC(=O)c1ccc(-c2ccc(F)cc2)s1)S(=O)(=O)c1ccc(F)cc1. The van der Waals surface area contributed by atoms with Crippen LogP contribution < -0.4 is 10.9 Å². The minimum absolute atomic E-state index is 0.0190. The van der Waals surface area contributed by atoms with Gasteiger partial charge in [0.25, 0.3) is 5.91 Å². The van der Waals surface area contributed by atoms with Crippen LogP contribution in [0, 0.1) is 11.6 Å². The molecular weight excluding hydrogens is 472 g/mol. The lowest BCUT2D eigenvalue weighted by Crippen LogP contribution is -2.41. The van der Waals surface area contributed by atoms with Crippen molar-refractivity contribution < 1.29 is 26.8 Å². The van der Waals surface area contributed by atoms with Gasteiger partial charge in [0.2, 0.25) is 15.9 Å². The summed E-state index contributed by atoms with van der Waals surface area (Å²) < 4.78 is 52.0. The molecule has 0 unspecified atom stereocenters. The fraction of sp³-hybridized carbons (Fsp3) is 0.182. The average molecular weight is 494 g/mol. The largest absolute Gasteiger partial charge is 0.279 e. The summed E-state index contributed by atoms with van der Waals surface area (Å²) in [4.78, 5) is 25.4. The van der Waals surface area contributed by atoms with E-state index in [1.807, 2.05) is 0 Å². The molecule has 1 aromatic heterocycles. The number of sulfonamides is 1. The first-order valence-corrected chi connectivity index (χ1v) is 12.1. The van der Waals surface area contributed by atoms with E-state index in [9.17, 15) is 26.8 Å². The van der Waals surface area contributed by atoms with E-state index in [0.717, 1.165) is 26.9 Å². The first kappa shape index (κ1) is 24.5. The Kier molecular flexibility index (Phi) is 7.90. The van der Waals surface area contributed by atoms with E-state index in [-0.39, 0.29) is 30.1 Å². The highest BCUT2D eigenvalue weighted by atomic mass is 32.2. The summed E-state index contributed by atoms with van der Waals surface area (Å²) >= 11 is 1.19. The number of carbonyl (C=O) groups excluding carboxylic acids is 2. The summed E-state index contributed by atoms with van der Waals surface area (Å²) in [5, 5.41) is 0. The monoisotopic (exact) mass is 493 g/mol. The fourth-order valence-corrected chi connectivity index (χ4v) is 4.96. The van der Waals surface area contributed by atoms with E-state index in [4.69, 9.17) is 0 Å². The highest BCUT2D eigenvalue weighted by molar-refractivity contribution is 7.89. The molecule has 2 N–H and O–H groups in total. The average Bonchev–Trinajstić information content (AvgIpc) is 3.28. The molecule has 0 aliphatic carbocycles. The number of rotatable bonds is 8. The highest BCUT2D eigenvalue weighted by Crippen LogP contribution is 2.28. The summed E-state index contributed by atoms with van der Waals surface area (Å²) in [7, 11) is -2.42. The maximum atomic E-state index is 13.0. The minimum atomic E-state index is -3.79. The maximum absolute atomic E-state index is 13.0. The third-order valence-electron chi connectivity index (χ3n) is 4.67. The summed E-state index contributed by atoms with van der Waals surface area (Å²) in [6.07, 6.45) is 0.196. The molecule has 0 radical (unpaired) electrons. The van der Waals surface area contributed by atoms with E-state index in [1.54, 1.807) is 24.3 Å². The van der Waals surface area contributed by atoms with Gasteiger partial charge in [0, 0.05) is 24.9 Å². The van der Waals surface area contributed by atoms with E-state index in [1.165, 1.54) is 42.6 Å². The Hall–Kier alpha value is -3.15. The van der Waals surface area contributed by atoms with E-state index in [2.05, 4.69) is 10.9 Å². The van der Waals surface area contributed by atoms with Crippen molar-refractivity contribution in [3.63, 3.8) is 0 Å². The maximum Gasteiger partial charge on any atom is 0.279 e. The van der Waals surface area contributed by atoms with Crippen molar-refractivity contribution in [3.05, 3.63) is 77.2 Å². The van der Waals surface area contributed by atoms with Crippen LogP contribution in [0.1, 0.15) is 22.5 Å². The van der Waals surface area contributed by atoms with Crippen LogP contribution in [0.5, 0.6) is 0 Å². The molecule has 174 valence electrons. The number of amides is 2. The number of hydrazine groups is 1. The van der Waals surface area contributed by atoms with Gasteiger partial charge in [0.1, 0.15) is 11.6 Å². The zero-order valence-electron chi connectivity index (χ0n) is 17.5. The molecule has 0 bridgehead atoms. The molecule has 3 aromatic rings. The van der Waals surface area contributed by atoms with Crippen molar-refractivity contribution in [2.45, 2.75) is 17.7 Å². The lowest BCUT2D eigenvalue weighted by Gasteiger charge is -2.17. The van der Waals surface area contributed by atoms with Crippen LogP contribution >= 0.6 is 11.3 Å². The van der Waals surface area contributed by atoms with Gasteiger partial charge in [-0.1, -0.05) is 12.1 Å². The van der Waals surface area contributed by atoms with Gasteiger partial charge in [-0.05, 0) is 60.5 Å². The molecule has 7 nitrogen and oxygen atoms in total. The second-order valence-corrected chi connectivity index (χ2v) is 10.2. The van der Waals surface area contributed by atoms with Gasteiger partial charge in [-0.25, -0.2) is 21.5 Å². The van der Waals surface area contributed by atoms with Gasteiger partial charge < -0.3 is 0 Å². The number of thiophene rings is 1. The zero-order valence-corrected chi connectivity index (χ0v) is 19.2. The molecule has 1 heterocycles. The lowest BCUT2D eigenvalue weighted by atomic mass is 10.2. The molecule has 0 aliphatic rings. The molecule has 0 saturated carbocycles. The van der Waals surface area contributed by atoms with Crippen LogP contribution in [0.2, 0.25) is 0 Å². The van der Waals surface area contributed by atoms with E-state index < -0.39 is 27.7 Å². The summed E-state index contributed by atoms with van der Waals surface area (Å²) in [5.41, 5.74) is 5.38. The van der Waals surface area contributed by atoms with Crippen molar-refractivity contribution in [1.82, 2.24) is 15.2 Å². The summed E-state index contributed by atoms with van der Waals surface area (Å²) in [5.74, 6) is -1.87. The highest BCUT2D eigenvalue weighted by Gasteiger charge is 2.20. The second kappa shape index (κ2) is 10.6. The Labute approximate surface area is 194 Å². The molecule has 11 heteroatoms. The number of nitrogens with one attached hydrogen (secondary N) is 2. The normalized spacial score (nSPS) is 11.4. The van der Waals surface area contributed by atoms with Gasteiger partial charge in [0.05, 0.1) is 9.77 Å². The topological polar surface area (TPSA) is 95.6 Å². The number of carbonyl (C=O) groups is 2. The number of hydrogen-bond donors (Lipinski definition) is 2. The smallest absolute Gasteiger partial charge is 0.273 e. The molecule has 0 spiro atoms. The Morgan fingerprint density at radius 2 is 1.52 bits per heavy atom. The summed E-state index contributed by atoms with van der Waals surface area (Å²) in [6.45, 7) is 0.0625. The minimum Gasteiger partial charge on any atom is -0.273 e. The Morgan fingerprint density at radius 3 is 2.15 bits per heavy atom. The number of hydrogen-bond acceptors (Lipinski definition) is 5. The Bertz CT molecular complexity index is 1230. The predicted molar refractivity (Wildman–Crippen MR) is 121 cm³/mol. The van der Waals surface area contributed by atoms with Gasteiger partial charge in [-0.3, -0.25) is 20.4 Å². The van der Waals surface area contributed by atoms with Crippen molar-refractivity contribution >= 4 is 33.2 Å². The molecule has 0 aliphatic heterocycles. The van der Waals surface area contributed by atoms with Crippen molar-refractivity contribution in [2.24, 2.45) is 0 Å². The van der Waals surface area contributed by atoms with Gasteiger partial charge >= 0.3 is 0 Å². The molecule has 3 rings (SSSR count). The van der Waals surface area contributed by atoms with Crippen LogP contribution in [0.3, 0.4) is 0 Å². The van der Waals surface area contributed by atoms with Crippen molar-refractivity contribution in [1.29, 1.82) is 0 Å².